The summed E-state index contributed by atoms with van der Waals surface area (Å²) in [5.74, 6) is -0.656. The molecule has 78 valence electrons. The van der Waals surface area contributed by atoms with Gasteiger partial charge < -0.3 is 5.73 Å². The molecule has 2 N–H and O–H groups in total. The first-order chi connectivity index (χ1) is 7.04. The summed E-state index contributed by atoms with van der Waals surface area (Å²) >= 11 is 0. The fourth-order valence-electron chi connectivity index (χ4n) is 1.16. The molecule has 0 bridgehead atoms. The van der Waals surface area contributed by atoms with Gasteiger partial charge in [0, 0.05) is 17.2 Å². The van der Waals surface area contributed by atoms with Gasteiger partial charge >= 0.3 is 0 Å². The van der Waals surface area contributed by atoms with Crippen molar-refractivity contribution in [3.05, 3.63) is 39.4 Å². The Morgan fingerprint density at radius 1 is 1.53 bits per heavy atom. The molecule has 0 atom stereocenters. The predicted molar refractivity (Wildman–Crippen MR) is 51.4 cm³/mol. The van der Waals surface area contributed by atoms with E-state index in [1.165, 1.54) is 12.1 Å². The fourth-order valence-corrected chi connectivity index (χ4v) is 1.16. The van der Waals surface area contributed by atoms with Crippen molar-refractivity contribution >= 4 is 17.9 Å². The summed E-state index contributed by atoms with van der Waals surface area (Å²) in [6.07, 6.45) is 0.288. The third kappa shape index (κ3) is 2.60. The molecule has 1 rings (SSSR count). The van der Waals surface area contributed by atoms with Gasteiger partial charge in [0.25, 0.3) is 5.69 Å². The number of hydrogen-bond donors (Lipinski definition) is 1. The van der Waals surface area contributed by atoms with Crippen LogP contribution in [0.1, 0.15) is 15.9 Å². The lowest BCUT2D eigenvalue weighted by Gasteiger charge is -2.00. The molecular formula is C9H8N2O4. The van der Waals surface area contributed by atoms with E-state index in [4.69, 9.17) is 5.73 Å². The molecule has 1 aromatic carbocycles. The molecule has 0 radical (unpaired) electrons. The molecule has 0 aliphatic heterocycles. The van der Waals surface area contributed by atoms with Crippen LogP contribution in [-0.4, -0.2) is 17.1 Å². The van der Waals surface area contributed by atoms with Gasteiger partial charge in [0.2, 0.25) is 5.91 Å². The van der Waals surface area contributed by atoms with Gasteiger partial charge in [-0.15, -0.1) is 0 Å². The van der Waals surface area contributed by atoms with Crippen LogP contribution in [0.25, 0.3) is 0 Å². The van der Waals surface area contributed by atoms with Crippen molar-refractivity contribution in [2.75, 3.05) is 0 Å². The first-order valence-electron chi connectivity index (χ1n) is 4.05. The Kier molecular flexibility index (Phi) is 3.12. The number of hydrogen-bond acceptors (Lipinski definition) is 4. The highest BCUT2D eigenvalue weighted by Gasteiger charge is 2.15. The maximum Gasteiger partial charge on any atom is 0.273 e. The van der Waals surface area contributed by atoms with Gasteiger partial charge in [0.05, 0.1) is 11.3 Å². The van der Waals surface area contributed by atoms with E-state index in [0.717, 1.165) is 6.07 Å². The largest absolute Gasteiger partial charge is 0.369 e. The highest BCUT2D eigenvalue weighted by Crippen LogP contribution is 2.19. The maximum atomic E-state index is 10.6. The second-order valence-electron chi connectivity index (χ2n) is 2.91. The first kappa shape index (κ1) is 10.8. The van der Waals surface area contributed by atoms with Gasteiger partial charge in [-0.25, -0.2) is 0 Å². The number of benzene rings is 1. The monoisotopic (exact) mass is 208 g/mol. The molecule has 6 heteroatoms. The summed E-state index contributed by atoms with van der Waals surface area (Å²) in [5, 5.41) is 10.6. The van der Waals surface area contributed by atoms with Crippen LogP contribution < -0.4 is 5.73 Å². The molecule has 6 nitrogen and oxygen atoms in total. The molecule has 15 heavy (non-hydrogen) atoms. The van der Waals surface area contributed by atoms with Crippen molar-refractivity contribution in [1.29, 1.82) is 0 Å². The summed E-state index contributed by atoms with van der Waals surface area (Å²) < 4.78 is 0. The highest BCUT2D eigenvalue weighted by atomic mass is 16.6. The maximum absolute atomic E-state index is 10.6. The summed E-state index contributed by atoms with van der Waals surface area (Å²) in [6.45, 7) is 0. The van der Waals surface area contributed by atoms with Crippen LogP contribution in [0.2, 0.25) is 0 Å². The number of nitrogens with zero attached hydrogens (tertiary/aromatic N) is 1. The van der Waals surface area contributed by atoms with Gasteiger partial charge in [0.15, 0.2) is 0 Å². The zero-order valence-electron chi connectivity index (χ0n) is 7.67. The zero-order valence-corrected chi connectivity index (χ0v) is 7.67. The lowest BCUT2D eigenvalue weighted by molar-refractivity contribution is -0.385. The third-order valence-electron chi connectivity index (χ3n) is 1.81. The Labute approximate surface area is 84.8 Å². The molecule has 0 saturated heterocycles. The van der Waals surface area contributed by atoms with E-state index in [1.807, 2.05) is 0 Å². The number of amides is 1. The summed E-state index contributed by atoms with van der Waals surface area (Å²) in [5.41, 5.74) is 5.06. The number of aldehydes is 1. The number of carbonyl (C=O) groups excluding carboxylic acids is 2. The first-order valence-corrected chi connectivity index (χ1v) is 4.05. The van der Waals surface area contributed by atoms with Crippen LogP contribution in [0, 0.1) is 10.1 Å². The Hall–Kier alpha value is -2.24. The fraction of sp³-hybridized carbons (Fsp3) is 0.111. The van der Waals surface area contributed by atoms with Crippen LogP contribution in [-0.2, 0) is 11.2 Å². The van der Waals surface area contributed by atoms with Crippen LogP contribution >= 0.6 is 0 Å². The van der Waals surface area contributed by atoms with Crippen LogP contribution in [0.3, 0.4) is 0 Å². The minimum atomic E-state index is -0.656. The van der Waals surface area contributed by atoms with E-state index < -0.39 is 10.8 Å². The Morgan fingerprint density at radius 3 is 2.67 bits per heavy atom. The van der Waals surface area contributed by atoms with Crippen molar-refractivity contribution in [1.82, 2.24) is 0 Å². The van der Waals surface area contributed by atoms with Gasteiger partial charge in [-0.1, -0.05) is 12.1 Å². The molecule has 0 fully saturated rings. The summed E-state index contributed by atoms with van der Waals surface area (Å²) in [6, 6.07) is 3.87. The molecule has 0 unspecified atom stereocenters. The molecule has 1 amide bonds. The molecule has 0 heterocycles. The van der Waals surface area contributed by atoms with Crippen molar-refractivity contribution in [3.8, 4) is 0 Å². The number of rotatable bonds is 4. The number of nitro groups is 1. The predicted octanol–water partition coefficient (Wildman–Crippen LogP) is 0.435. The Morgan fingerprint density at radius 2 is 2.20 bits per heavy atom. The van der Waals surface area contributed by atoms with Crippen molar-refractivity contribution < 1.29 is 14.5 Å². The molecule has 0 saturated carbocycles. The molecule has 1 aromatic rings. The summed E-state index contributed by atoms with van der Waals surface area (Å²) in [4.78, 5) is 31.0. The quantitative estimate of drug-likeness (QED) is 0.440. The SMILES string of the molecule is NC(=O)Cc1ccc(C=O)cc1[N+](=O)[O-]. The van der Waals surface area contributed by atoms with Crippen molar-refractivity contribution in [3.63, 3.8) is 0 Å². The van der Waals surface area contributed by atoms with Gasteiger partial charge in [0.1, 0.15) is 6.29 Å². The number of carbonyl (C=O) groups is 2. The van der Waals surface area contributed by atoms with Gasteiger partial charge in [-0.3, -0.25) is 19.7 Å². The number of nitrogens with two attached hydrogens (primary N) is 1. The molecule has 0 aromatic heterocycles. The normalized spacial score (nSPS) is 9.60. The van der Waals surface area contributed by atoms with Crippen LogP contribution in [0.15, 0.2) is 18.2 Å². The van der Waals surface area contributed by atoms with Crippen molar-refractivity contribution in [2.24, 2.45) is 5.73 Å². The Balaban J connectivity index is 3.20. The standard InChI is InChI=1S/C9H8N2O4/c10-9(13)4-7-2-1-6(5-12)3-8(7)11(14)15/h1-3,5H,4H2,(H2,10,13). The minimum Gasteiger partial charge on any atom is -0.369 e. The average molecular weight is 208 g/mol. The lowest BCUT2D eigenvalue weighted by Crippen LogP contribution is -2.14. The van der Waals surface area contributed by atoms with E-state index in [1.54, 1.807) is 0 Å². The second kappa shape index (κ2) is 4.32. The average Bonchev–Trinajstić information content (AvgIpc) is 2.17. The van der Waals surface area contributed by atoms with E-state index in [9.17, 15) is 19.7 Å². The van der Waals surface area contributed by atoms with Gasteiger partial charge in [-0.05, 0) is 0 Å². The lowest BCUT2D eigenvalue weighted by atomic mass is 10.1. The van der Waals surface area contributed by atoms with E-state index in [0.29, 0.717) is 6.29 Å². The van der Waals surface area contributed by atoms with Gasteiger partial charge in [-0.2, -0.15) is 0 Å². The zero-order chi connectivity index (χ0) is 11.4. The van der Waals surface area contributed by atoms with Crippen LogP contribution in [0.5, 0.6) is 0 Å². The van der Waals surface area contributed by atoms with E-state index in [-0.39, 0.29) is 23.2 Å². The van der Waals surface area contributed by atoms with E-state index >= 15 is 0 Å². The van der Waals surface area contributed by atoms with Crippen LogP contribution in [0.4, 0.5) is 5.69 Å². The second-order valence-corrected chi connectivity index (χ2v) is 2.91. The number of primary amides is 1. The molecule has 0 spiro atoms. The molecular weight excluding hydrogens is 200 g/mol. The van der Waals surface area contributed by atoms with E-state index in [2.05, 4.69) is 0 Å². The minimum absolute atomic E-state index is 0.190. The topological polar surface area (TPSA) is 103 Å². The van der Waals surface area contributed by atoms with Crippen molar-refractivity contribution in [2.45, 2.75) is 6.42 Å². The Bertz CT molecular complexity index is 428. The smallest absolute Gasteiger partial charge is 0.273 e. The number of nitro benzene ring substituents is 1. The third-order valence-corrected chi connectivity index (χ3v) is 1.81. The molecule has 0 aliphatic rings. The highest BCUT2D eigenvalue weighted by molar-refractivity contribution is 5.80. The summed E-state index contributed by atoms with van der Waals surface area (Å²) in [7, 11) is 0. The molecule has 0 aliphatic carbocycles.